The number of amides is 3. The molecule has 192 valence electrons. The normalized spacial score (nSPS) is 24.0. The standard InChI is InChI=1S/C21H33N3O9S/c1-3-17(25)32-14-22-18(26)16-9-8-15-12-23(16)20(28)24(15)33-34(29,30)13-21(19(27)31-4-2)10-6-5-7-11-21/h15-16H,3-14H2,1-2H3,(H,22,26)/t15-,16+/m1/s1. The molecule has 3 amide bonds. The smallest absolute Gasteiger partial charge is 0.346 e. The number of fused-ring (bicyclic) bond motifs is 2. The molecule has 0 aromatic rings. The van der Waals surface area contributed by atoms with Crippen LogP contribution in [0.2, 0.25) is 0 Å². The predicted molar refractivity (Wildman–Crippen MR) is 117 cm³/mol. The van der Waals surface area contributed by atoms with E-state index in [-0.39, 0.29) is 26.3 Å². The first-order chi connectivity index (χ1) is 16.1. The first-order valence-electron chi connectivity index (χ1n) is 11.7. The molecule has 0 aromatic carbocycles. The number of piperidine rings is 1. The average Bonchev–Trinajstić information content (AvgIpc) is 3.03. The van der Waals surface area contributed by atoms with Gasteiger partial charge in [0.2, 0.25) is 5.91 Å². The Hall–Kier alpha value is -2.41. The van der Waals surface area contributed by atoms with Crippen molar-refractivity contribution in [1.29, 1.82) is 0 Å². The molecule has 3 rings (SSSR count). The SMILES string of the molecule is CCOC(=O)C1(CS(=O)(=O)ON2C(=O)N3C[C@H]2CC[C@H]3C(=O)NCOC(=O)CC)CCCCC1. The Kier molecular flexibility index (Phi) is 8.39. The van der Waals surface area contributed by atoms with Crippen LogP contribution in [-0.4, -0.2) is 80.0 Å². The van der Waals surface area contributed by atoms with Crippen LogP contribution in [0.3, 0.4) is 0 Å². The molecule has 3 aliphatic rings. The number of ether oxygens (including phenoxy) is 2. The Morgan fingerprint density at radius 1 is 1.09 bits per heavy atom. The molecule has 2 saturated heterocycles. The van der Waals surface area contributed by atoms with Crippen molar-refractivity contribution in [3.63, 3.8) is 0 Å². The molecule has 2 aliphatic heterocycles. The van der Waals surface area contributed by atoms with E-state index in [1.54, 1.807) is 13.8 Å². The lowest BCUT2D eigenvalue weighted by atomic mass is 9.75. The highest BCUT2D eigenvalue weighted by Gasteiger charge is 2.51. The second-order valence-corrected chi connectivity index (χ2v) is 10.5. The van der Waals surface area contributed by atoms with Crippen molar-refractivity contribution in [3.8, 4) is 0 Å². The number of esters is 2. The maximum absolute atomic E-state index is 13.0. The van der Waals surface area contributed by atoms with Gasteiger partial charge in [0.25, 0.3) is 10.1 Å². The summed E-state index contributed by atoms with van der Waals surface area (Å²) in [6.45, 7) is 3.25. The average molecular weight is 504 g/mol. The number of nitrogens with one attached hydrogen (secondary N) is 1. The molecule has 12 nitrogen and oxygen atoms in total. The second kappa shape index (κ2) is 10.9. The largest absolute Gasteiger partial charge is 0.466 e. The lowest BCUT2D eigenvalue weighted by Gasteiger charge is -2.34. The highest BCUT2D eigenvalue weighted by atomic mass is 32.2. The Morgan fingerprint density at radius 3 is 2.44 bits per heavy atom. The minimum atomic E-state index is -4.30. The van der Waals surface area contributed by atoms with Gasteiger partial charge in [0.05, 0.1) is 23.8 Å². The molecule has 1 saturated carbocycles. The minimum Gasteiger partial charge on any atom is -0.466 e. The van der Waals surface area contributed by atoms with Crippen LogP contribution in [0.25, 0.3) is 0 Å². The summed E-state index contributed by atoms with van der Waals surface area (Å²) >= 11 is 0. The molecule has 1 aliphatic carbocycles. The molecule has 2 atom stereocenters. The molecular formula is C21H33N3O9S. The maximum Gasteiger partial charge on any atom is 0.346 e. The van der Waals surface area contributed by atoms with Crippen molar-refractivity contribution in [2.75, 3.05) is 25.6 Å². The van der Waals surface area contributed by atoms with Crippen LogP contribution in [-0.2, 0) is 38.3 Å². The summed E-state index contributed by atoms with van der Waals surface area (Å²) in [5.74, 6) is -2.09. The third kappa shape index (κ3) is 5.80. The summed E-state index contributed by atoms with van der Waals surface area (Å²) in [7, 11) is -4.30. The van der Waals surface area contributed by atoms with Crippen LogP contribution in [0, 0.1) is 5.41 Å². The first kappa shape index (κ1) is 26.2. The lowest BCUT2D eigenvalue weighted by molar-refractivity contribution is -0.156. The van der Waals surface area contributed by atoms with Gasteiger partial charge in [-0.2, -0.15) is 13.5 Å². The van der Waals surface area contributed by atoms with Crippen molar-refractivity contribution in [1.82, 2.24) is 15.3 Å². The van der Waals surface area contributed by atoms with Gasteiger partial charge in [0, 0.05) is 13.0 Å². The number of rotatable bonds is 10. The molecule has 3 fully saturated rings. The third-order valence-electron chi connectivity index (χ3n) is 6.56. The summed E-state index contributed by atoms with van der Waals surface area (Å²) in [5.41, 5.74) is -1.19. The van der Waals surface area contributed by atoms with Crippen LogP contribution in [0.4, 0.5) is 4.79 Å². The van der Waals surface area contributed by atoms with Crippen molar-refractivity contribution in [2.45, 2.75) is 77.3 Å². The van der Waals surface area contributed by atoms with Crippen molar-refractivity contribution < 1.29 is 41.4 Å². The molecule has 0 spiro atoms. The highest BCUT2D eigenvalue weighted by Crippen LogP contribution is 2.40. The fourth-order valence-corrected chi connectivity index (χ4v) is 6.38. The number of hydrogen-bond acceptors (Lipinski definition) is 9. The van der Waals surface area contributed by atoms with Crippen molar-refractivity contribution in [2.24, 2.45) is 5.41 Å². The number of carbonyl (C=O) groups is 4. The van der Waals surface area contributed by atoms with E-state index in [1.165, 1.54) is 4.90 Å². The quantitative estimate of drug-likeness (QED) is 0.341. The van der Waals surface area contributed by atoms with Crippen LogP contribution < -0.4 is 5.32 Å². The predicted octanol–water partition coefficient (Wildman–Crippen LogP) is 1.06. The van der Waals surface area contributed by atoms with E-state index < -0.39 is 57.2 Å². The van der Waals surface area contributed by atoms with E-state index in [0.29, 0.717) is 38.5 Å². The summed E-state index contributed by atoms with van der Waals surface area (Å²) in [6.07, 6.45) is 3.90. The van der Waals surface area contributed by atoms with Crippen LogP contribution in [0.1, 0.15) is 65.2 Å². The summed E-state index contributed by atoms with van der Waals surface area (Å²) in [6, 6.07) is -2.09. The molecule has 1 N–H and O–H groups in total. The van der Waals surface area contributed by atoms with Crippen LogP contribution in [0.5, 0.6) is 0 Å². The molecule has 0 radical (unpaired) electrons. The maximum atomic E-state index is 13.0. The van der Waals surface area contributed by atoms with E-state index >= 15 is 0 Å². The molecule has 34 heavy (non-hydrogen) atoms. The third-order valence-corrected chi connectivity index (χ3v) is 7.85. The Balaban J connectivity index is 1.65. The van der Waals surface area contributed by atoms with E-state index in [4.69, 9.17) is 13.8 Å². The second-order valence-electron chi connectivity index (χ2n) is 8.90. The highest BCUT2D eigenvalue weighted by molar-refractivity contribution is 7.86. The molecule has 2 heterocycles. The van der Waals surface area contributed by atoms with Gasteiger partial charge in [-0.3, -0.25) is 14.4 Å². The summed E-state index contributed by atoms with van der Waals surface area (Å²) < 4.78 is 41.2. The number of carbonyl (C=O) groups excluding carboxylic acids is 4. The zero-order valence-electron chi connectivity index (χ0n) is 19.6. The van der Waals surface area contributed by atoms with Crippen LogP contribution >= 0.6 is 0 Å². The molecule has 0 unspecified atom stereocenters. The fraction of sp³-hybridized carbons (Fsp3) is 0.810. The lowest BCUT2D eigenvalue weighted by Crippen LogP contribution is -2.50. The van der Waals surface area contributed by atoms with Gasteiger partial charge >= 0.3 is 18.0 Å². The van der Waals surface area contributed by atoms with E-state index in [0.717, 1.165) is 11.5 Å². The number of hydroxylamine groups is 2. The minimum absolute atomic E-state index is 0.129. The van der Waals surface area contributed by atoms with Gasteiger partial charge in [0.15, 0.2) is 6.73 Å². The van der Waals surface area contributed by atoms with Gasteiger partial charge in [-0.1, -0.05) is 26.2 Å². The van der Waals surface area contributed by atoms with E-state index in [2.05, 4.69) is 5.32 Å². The zero-order valence-corrected chi connectivity index (χ0v) is 20.4. The number of nitrogens with zero attached hydrogens (tertiary/aromatic N) is 2. The monoisotopic (exact) mass is 503 g/mol. The van der Waals surface area contributed by atoms with Crippen molar-refractivity contribution >= 4 is 34.0 Å². The molecule has 13 heteroatoms. The van der Waals surface area contributed by atoms with Crippen LogP contribution in [0.15, 0.2) is 0 Å². The van der Waals surface area contributed by atoms with Gasteiger partial charge in [-0.05, 0) is 32.6 Å². The fourth-order valence-electron chi connectivity index (χ4n) is 4.82. The molecular weight excluding hydrogens is 470 g/mol. The van der Waals surface area contributed by atoms with Gasteiger partial charge < -0.3 is 19.7 Å². The number of hydrogen-bond donors (Lipinski definition) is 1. The van der Waals surface area contributed by atoms with E-state index in [1.807, 2.05) is 0 Å². The Bertz CT molecular complexity index is 901. The summed E-state index contributed by atoms with van der Waals surface area (Å²) in [5, 5.41) is 3.27. The Labute approximate surface area is 199 Å². The summed E-state index contributed by atoms with van der Waals surface area (Å²) in [4.78, 5) is 50.5. The van der Waals surface area contributed by atoms with E-state index in [9.17, 15) is 27.6 Å². The number of urea groups is 1. The van der Waals surface area contributed by atoms with Gasteiger partial charge in [-0.15, -0.1) is 4.28 Å². The topological polar surface area (TPSA) is 149 Å². The molecule has 2 bridgehead atoms. The zero-order chi connectivity index (χ0) is 24.9. The van der Waals surface area contributed by atoms with Crippen molar-refractivity contribution in [3.05, 3.63) is 0 Å². The van der Waals surface area contributed by atoms with Gasteiger partial charge in [-0.25, -0.2) is 4.79 Å². The first-order valence-corrected chi connectivity index (χ1v) is 13.3. The van der Waals surface area contributed by atoms with Gasteiger partial charge in [0.1, 0.15) is 6.04 Å². The molecule has 0 aromatic heterocycles. The Morgan fingerprint density at radius 2 is 1.79 bits per heavy atom.